The van der Waals surface area contributed by atoms with Crippen LogP contribution in [0.15, 0.2) is 29.3 Å². The number of para-hydroxylation sites is 2. The zero-order valence-corrected chi connectivity index (χ0v) is 16.2. The second-order valence-electron chi connectivity index (χ2n) is 6.46. The maximum absolute atomic E-state index is 11.7. The van der Waals surface area contributed by atoms with Crippen molar-refractivity contribution in [1.82, 2.24) is 25.1 Å². The van der Waals surface area contributed by atoms with Crippen LogP contribution in [0, 0.1) is 6.92 Å². The highest BCUT2D eigenvalue weighted by atomic mass is 16.2. The van der Waals surface area contributed by atoms with Gasteiger partial charge < -0.3 is 20.1 Å². The Kier molecular flexibility index (Phi) is 7.44. The molecule has 0 spiro atoms. The van der Waals surface area contributed by atoms with Crippen molar-refractivity contribution in [3.8, 4) is 0 Å². The van der Waals surface area contributed by atoms with Gasteiger partial charge in [0.15, 0.2) is 5.96 Å². The van der Waals surface area contributed by atoms with Crippen molar-refractivity contribution in [2.45, 2.75) is 33.2 Å². The Bertz CT molecular complexity index is 750. The van der Waals surface area contributed by atoms with Crippen LogP contribution in [0.3, 0.4) is 0 Å². The minimum Gasteiger partial charge on any atom is -0.356 e. The third-order valence-electron chi connectivity index (χ3n) is 4.11. The number of imidazole rings is 1. The van der Waals surface area contributed by atoms with Gasteiger partial charge in [0, 0.05) is 33.7 Å². The highest BCUT2D eigenvalue weighted by Gasteiger charge is 2.07. The summed E-state index contributed by atoms with van der Waals surface area (Å²) in [6, 6.07) is 8.20. The molecular weight excluding hydrogens is 328 g/mol. The molecule has 1 heterocycles. The van der Waals surface area contributed by atoms with E-state index in [1.807, 2.05) is 25.1 Å². The van der Waals surface area contributed by atoms with Gasteiger partial charge in [0.2, 0.25) is 5.91 Å². The molecule has 0 radical (unpaired) electrons. The Hall–Kier alpha value is -2.57. The van der Waals surface area contributed by atoms with E-state index in [1.165, 1.54) is 5.52 Å². The van der Waals surface area contributed by atoms with Crippen LogP contribution in [0.5, 0.6) is 0 Å². The van der Waals surface area contributed by atoms with Crippen molar-refractivity contribution in [2.24, 2.45) is 4.99 Å². The quantitative estimate of drug-likeness (QED) is 0.428. The summed E-state index contributed by atoms with van der Waals surface area (Å²) in [5, 5.41) is 6.56. The van der Waals surface area contributed by atoms with Gasteiger partial charge in [-0.15, -0.1) is 0 Å². The number of nitrogens with one attached hydrogen (secondary N) is 2. The molecule has 0 saturated heterocycles. The predicted octanol–water partition coefficient (Wildman–Crippen LogP) is 1.77. The molecule has 2 N–H and O–H groups in total. The Morgan fingerprint density at radius 2 is 1.96 bits per heavy atom. The summed E-state index contributed by atoms with van der Waals surface area (Å²) in [6.07, 6.45) is 1.94. The first-order chi connectivity index (χ1) is 12.5. The molecule has 1 aromatic carbocycles. The van der Waals surface area contributed by atoms with Crippen LogP contribution < -0.4 is 10.6 Å². The lowest BCUT2D eigenvalue weighted by molar-refractivity contribution is -0.127. The van der Waals surface area contributed by atoms with E-state index in [0.29, 0.717) is 5.96 Å². The topological polar surface area (TPSA) is 74.6 Å². The minimum atomic E-state index is -0.0110. The van der Waals surface area contributed by atoms with Crippen LogP contribution in [0.1, 0.15) is 25.6 Å². The maximum Gasteiger partial charge on any atom is 0.243 e. The molecule has 142 valence electrons. The minimum absolute atomic E-state index is 0.0110. The molecular formula is C19H30N6O. The van der Waals surface area contributed by atoms with Gasteiger partial charge in [-0.05, 0) is 31.9 Å². The summed E-state index contributed by atoms with van der Waals surface area (Å²) >= 11 is 0. The SMILES string of the molecule is CCCNC(=NCC(=O)N(C)C)NCCCn1c(C)nc2ccccc21. The molecule has 1 aromatic heterocycles. The lowest BCUT2D eigenvalue weighted by Gasteiger charge is -2.14. The summed E-state index contributed by atoms with van der Waals surface area (Å²) in [7, 11) is 3.48. The summed E-state index contributed by atoms with van der Waals surface area (Å²) in [5.41, 5.74) is 2.20. The summed E-state index contributed by atoms with van der Waals surface area (Å²) < 4.78 is 2.24. The van der Waals surface area contributed by atoms with Gasteiger partial charge in [-0.2, -0.15) is 0 Å². The van der Waals surface area contributed by atoms with Crippen molar-refractivity contribution >= 4 is 22.9 Å². The molecule has 0 bridgehead atoms. The van der Waals surface area contributed by atoms with Gasteiger partial charge in [0.05, 0.1) is 11.0 Å². The van der Waals surface area contributed by atoms with Gasteiger partial charge in [-0.25, -0.2) is 9.98 Å². The fourth-order valence-corrected chi connectivity index (χ4v) is 2.63. The molecule has 2 aromatic rings. The molecule has 0 aliphatic carbocycles. The number of aryl methyl sites for hydroxylation is 2. The zero-order valence-electron chi connectivity index (χ0n) is 16.2. The molecule has 0 aliphatic rings. The van der Waals surface area contributed by atoms with Crippen molar-refractivity contribution in [3.63, 3.8) is 0 Å². The number of benzene rings is 1. The number of hydrogen-bond donors (Lipinski definition) is 2. The van der Waals surface area contributed by atoms with Crippen LogP contribution in [-0.2, 0) is 11.3 Å². The molecule has 0 fully saturated rings. The number of carbonyl (C=O) groups excluding carboxylic acids is 1. The zero-order chi connectivity index (χ0) is 18.9. The van der Waals surface area contributed by atoms with E-state index in [-0.39, 0.29) is 12.5 Å². The van der Waals surface area contributed by atoms with E-state index in [0.717, 1.165) is 43.8 Å². The summed E-state index contributed by atoms with van der Waals surface area (Å²) in [4.78, 5) is 22.2. The Morgan fingerprint density at radius 1 is 1.23 bits per heavy atom. The lowest BCUT2D eigenvalue weighted by Crippen LogP contribution is -2.39. The Morgan fingerprint density at radius 3 is 2.69 bits per heavy atom. The molecule has 26 heavy (non-hydrogen) atoms. The molecule has 0 aliphatic heterocycles. The maximum atomic E-state index is 11.7. The predicted molar refractivity (Wildman–Crippen MR) is 106 cm³/mol. The van der Waals surface area contributed by atoms with Crippen molar-refractivity contribution < 1.29 is 4.79 Å². The highest BCUT2D eigenvalue weighted by Crippen LogP contribution is 2.15. The van der Waals surface area contributed by atoms with Gasteiger partial charge in [-0.3, -0.25) is 4.79 Å². The fraction of sp³-hybridized carbons (Fsp3) is 0.526. The average molecular weight is 358 g/mol. The number of aromatic nitrogens is 2. The van der Waals surface area contributed by atoms with Crippen molar-refractivity contribution in [1.29, 1.82) is 0 Å². The van der Waals surface area contributed by atoms with E-state index in [4.69, 9.17) is 0 Å². The van der Waals surface area contributed by atoms with Crippen LogP contribution >= 0.6 is 0 Å². The molecule has 1 amide bonds. The van der Waals surface area contributed by atoms with Gasteiger partial charge in [-0.1, -0.05) is 19.1 Å². The number of rotatable bonds is 8. The fourth-order valence-electron chi connectivity index (χ4n) is 2.63. The second kappa shape index (κ2) is 9.79. The van der Waals surface area contributed by atoms with Gasteiger partial charge in [0.25, 0.3) is 0 Å². The molecule has 0 atom stereocenters. The molecule has 2 rings (SSSR count). The molecule has 0 saturated carbocycles. The first-order valence-electron chi connectivity index (χ1n) is 9.17. The van der Waals surface area contributed by atoms with Crippen LogP contribution in [0.2, 0.25) is 0 Å². The monoisotopic (exact) mass is 358 g/mol. The number of hydrogen-bond acceptors (Lipinski definition) is 3. The Labute approximate surface area is 155 Å². The normalized spacial score (nSPS) is 11.6. The number of nitrogens with zero attached hydrogens (tertiary/aromatic N) is 4. The van der Waals surface area contributed by atoms with E-state index in [9.17, 15) is 4.79 Å². The second-order valence-corrected chi connectivity index (χ2v) is 6.46. The van der Waals surface area contributed by atoms with Gasteiger partial charge in [0.1, 0.15) is 12.4 Å². The number of fused-ring (bicyclic) bond motifs is 1. The third kappa shape index (κ3) is 5.47. The van der Waals surface area contributed by atoms with E-state index < -0.39 is 0 Å². The smallest absolute Gasteiger partial charge is 0.243 e. The number of likely N-dealkylation sites (N-methyl/N-ethyl adjacent to an activating group) is 1. The number of amides is 1. The van der Waals surface area contributed by atoms with E-state index >= 15 is 0 Å². The first-order valence-corrected chi connectivity index (χ1v) is 9.17. The number of guanidine groups is 1. The standard InChI is InChI=1S/C19H30N6O/c1-5-11-20-19(22-14-18(26)24(3)4)21-12-8-13-25-15(2)23-16-9-6-7-10-17(16)25/h6-7,9-10H,5,8,11-14H2,1-4H3,(H2,20,21,22). The number of carbonyl (C=O) groups is 1. The van der Waals surface area contributed by atoms with Crippen LogP contribution in [0.25, 0.3) is 11.0 Å². The molecule has 0 unspecified atom stereocenters. The number of aliphatic imine (C=N–C) groups is 1. The van der Waals surface area contributed by atoms with Gasteiger partial charge >= 0.3 is 0 Å². The molecule has 7 nitrogen and oxygen atoms in total. The largest absolute Gasteiger partial charge is 0.356 e. The lowest BCUT2D eigenvalue weighted by atomic mass is 10.3. The highest BCUT2D eigenvalue weighted by molar-refractivity contribution is 5.84. The first kappa shape index (κ1) is 19.8. The Balaban J connectivity index is 1.89. The average Bonchev–Trinajstić information content (AvgIpc) is 2.95. The summed E-state index contributed by atoms with van der Waals surface area (Å²) in [5.74, 6) is 1.71. The van der Waals surface area contributed by atoms with Crippen LogP contribution in [0.4, 0.5) is 0 Å². The van der Waals surface area contributed by atoms with Crippen molar-refractivity contribution in [2.75, 3.05) is 33.7 Å². The van der Waals surface area contributed by atoms with Crippen molar-refractivity contribution in [3.05, 3.63) is 30.1 Å². The third-order valence-corrected chi connectivity index (χ3v) is 4.11. The van der Waals surface area contributed by atoms with E-state index in [2.05, 4.69) is 38.2 Å². The summed E-state index contributed by atoms with van der Waals surface area (Å²) in [6.45, 7) is 6.78. The molecule has 7 heteroatoms. The van der Waals surface area contributed by atoms with Crippen LogP contribution in [-0.4, -0.2) is 60.0 Å². The van der Waals surface area contributed by atoms with E-state index in [1.54, 1.807) is 19.0 Å².